The topological polar surface area (TPSA) is 96.9 Å². The SMILES string of the molecule is C[C@@H]1COC[C@]2(c3cc(N)ccc3F)N=C(NC(=O)O)SC[C@H]12. The molecule has 1 amide bonds. The van der Waals surface area contributed by atoms with Gasteiger partial charge in [0.2, 0.25) is 0 Å². The Morgan fingerprint density at radius 1 is 1.61 bits per heavy atom. The monoisotopic (exact) mass is 339 g/mol. The van der Waals surface area contributed by atoms with Gasteiger partial charge in [0.25, 0.3) is 0 Å². The smallest absolute Gasteiger partial charge is 0.410 e. The lowest BCUT2D eigenvalue weighted by Crippen LogP contribution is -2.52. The van der Waals surface area contributed by atoms with Crippen LogP contribution in [0, 0.1) is 17.7 Å². The molecule has 0 aliphatic carbocycles. The molecule has 124 valence electrons. The number of aliphatic imine (C=N–C) groups is 1. The summed E-state index contributed by atoms with van der Waals surface area (Å²) in [6, 6.07) is 4.38. The molecular weight excluding hydrogens is 321 g/mol. The van der Waals surface area contributed by atoms with Crippen molar-refractivity contribution in [1.82, 2.24) is 5.32 Å². The Kier molecular flexibility index (Phi) is 4.20. The van der Waals surface area contributed by atoms with Crippen molar-refractivity contribution < 1.29 is 19.0 Å². The number of carbonyl (C=O) groups is 1. The highest BCUT2D eigenvalue weighted by Gasteiger charge is 2.50. The van der Waals surface area contributed by atoms with Crippen LogP contribution in [0.1, 0.15) is 12.5 Å². The minimum atomic E-state index is -1.19. The summed E-state index contributed by atoms with van der Waals surface area (Å²) < 4.78 is 20.2. The summed E-state index contributed by atoms with van der Waals surface area (Å²) in [7, 11) is 0. The third-order valence-corrected chi connectivity index (χ3v) is 5.37. The van der Waals surface area contributed by atoms with Crippen LogP contribution in [0.4, 0.5) is 14.9 Å². The molecule has 0 bridgehead atoms. The number of thioether (sulfide) groups is 1. The van der Waals surface area contributed by atoms with Gasteiger partial charge in [-0.15, -0.1) is 0 Å². The van der Waals surface area contributed by atoms with Crippen LogP contribution >= 0.6 is 11.8 Å². The first-order chi connectivity index (χ1) is 10.9. The Labute approximate surface area is 137 Å². The fourth-order valence-corrected chi connectivity index (χ4v) is 4.59. The van der Waals surface area contributed by atoms with Gasteiger partial charge in [-0.05, 0) is 24.1 Å². The zero-order chi connectivity index (χ0) is 16.6. The lowest BCUT2D eigenvalue weighted by atomic mass is 9.72. The fraction of sp³-hybridized carbons (Fsp3) is 0.467. The number of carboxylic acid groups (broad SMARTS) is 1. The molecule has 1 saturated heterocycles. The molecule has 2 heterocycles. The standard InChI is InChI=1S/C15H18FN3O3S/c1-8-5-22-7-15(10-4-9(17)2-3-12(10)16)11(8)6-23-13(19-15)18-14(20)21/h2-4,8,11H,5-7,17H2,1H3,(H,18,19)(H,20,21)/t8-,11-,15-/m1/s1. The second-order valence-corrected chi connectivity index (χ2v) is 6.93. The van der Waals surface area contributed by atoms with Gasteiger partial charge in [0, 0.05) is 29.5 Å². The predicted molar refractivity (Wildman–Crippen MR) is 87.0 cm³/mol. The van der Waals surface area contributed by atoms with Gasteiger partial charge in [0.05, 0.1) is 6.61 Å². The van der Waals surface area contributed by atoms with Crippen LogP contribution in [0.5, 0.6) is 0 Å². The molecule has 0 radical (unpaired) electrons. The van der Waals surface area contributed by atoms with Crippen molar-refractivity contribution in [2.75, 3.05) is 24.7 Å². The molecule has 3 rings (SSSR count). The summed E-state index contributed by atoms with van der Waals surface area (Å²) in [5, 5.41) is 11.5. The molecule has 2 aliphatic heterocycles. The van der Waals surface area contributed by atoms with Gasteiger partial charge in [-0.3, -0.25) is 5.32 Å². The molecular formula is C15H18FN3O3S. The van der Waals surface area contributed by atoms with E-state index in [1.54, 1.807) is 6.07 Å². The maximum atomic E-state index is 14.5. The molecule has 0 saturated carbocycles. The number of rotatable bonds is 1. The van der Waals surface area contributed by atoms with Crippen molar-refractivity contribution in [2.45, 2.75) is 12.5 Å². The summed E-state index contributed by atoms with van der Waals surface area (Å²) >= 11 is 1.33. The first-order valence-corrected chi connectivity index (χ1v) is 8.27. The van der Waals surface area contributed by atoms with Gasteiger partial charge in [0.1, 0.15) is 11.4 Å². The van der Waals surface area contributed by atoms with E-state index in [1.165, 1.54) is 23.9 Å². The number of halogens is 1. The van der Waals surface area contributed by atoms with Crippen molar-refractivity contribution in [3.05, 3.63) is 29.6 Å². The number of fused-ring (bicyclic) bond motifs is 1. The highest BCUT2D eigenvalue weighted by atomic mass is 32.2. The van der Waals surface area contributed by atoms with Crippen molar-refractivity contribution in [1.29, 1.82) is 0 Å². The van der Waals surface area contributed by atoms with E-state index in [9.17, 15) is 9.18 Å². The van der Waals surface area contributed by atoms with E-state index in [0.29, 0.717) is 23.6 Å². The van der Waals surface area contributed by atoms with E-state index in [2.05, 4.69) is 10.3 Å². The summed E-state index contributed by atoms with van der Waals surface area (Å²) in [4.78, 5) is 15.5. The molecule has 0 spiro atoms. The number of amidine groups is 1. The van der Waals surface area contributed by atoms with Crippen molar-refractivity contribution in [3.63, 3.8) is 0 Å². The van der Waals surface area contributed by atoms with E-state index >= 15 is 0 Å². The van der Waals surface area contributed by atoms with Gasteiger partial charge in [-0.1, -0.05) is 18.7 Å². The predicted octanol–water partition coefficient (Wildman–Crippen LogP) is 2.26. The highest BCUT2D eigenvalue weighted by molar-refractivity contribution is 8.13. The van der Waals surface area contributed by atoms with E-state index in [1.807, 2.05) is 6.92 Å². The molecule has 1 fully saturated rings. The number of nitrogens with two attached hydrogens (primary N) is 1. The second kappa shape index (κ2) is 6.01. The molecule has 3 atom stereocenters. The van der Waals surface area contributed by atoms with Gasteiger partial charge < -0.3 is 15.6 Å². The number of hydrogen-bond donors (Lipinski definition) is 3. The van der Waals surface area contributed by atoms with Crippen LogP contribution in [0.15, 0.2) is 23.2 Å². The molecule has 2 aliphatic rings. The molecule has 0 aromatic heterocycles. The van der Waals surface area contributed by atoms with Crippen LogP contribution in [-0.2, 0) is 10.3 Å². The molecule has 1 aromatic carbocycles. The Morgan fingerprint density at radius 3 is 3.13 bits per heavy atom. The summed E-state index contributed by atoms with van der Waals surface area (Å²) in [6.07, 6.45) is -1.19. The number of nitrogen functional groups attached to an aromatic ring is 1. The number of hydrogen-bond acceptors (Lipinski definition) is 5. The third-order valence-electron chi connectivity index (χ3n) is 4.37. The van der Waals surface area contributed by atoms with E-state index in [4.69, 9.17) is 15.6 Å². The fourth-order valence-electron chi connectivity index (χ4n) is 3.26. The minimum absolute atomic E-state index is 0.0388. The zero-order valence-electron chi connectivity index (χ0n) is 12.6. The van der Waals surface area contributed by atoms with Gasteiger partial charge in [0.15, 0.2) is 5.17 Å². The average molecular weight is 339 g/mol. The Hall–Kier alpha value is -1.80. The van der Waals surface area contributed by atoms with E-state index in [0.717, 1.165) is 0 Å². The van der Waals surface area contributed by atoms with Crippen molar-refractivity contribution in [3.8, 4) is 0 Å². The first-order valence-electron chi connectivity index (χ1n) is 7.28. The summed E-state index contributed by atoms with van der Waals surface area (Å²) in [5.74, 6) is 0.439. The lowest BCUT2D eigenvalue weighted by molar-refractivity contribution is -0.0340. The van der Waals surface area contributed by atoms with Gasteiger partial charge >= 0.3 is 6.09 Å². The van der Waals surface area contributed by atoms with Crippen LogP contribution in [0.2, 0.25) is 0 Å². The number of amides is 1. The average Bonchev–Trinajstić information content (AvgIpc) is 2.49. The zero-order valence-corrected chi connectivity index (χ0v) is 13.4. The number of ether oxygens (including phenoxy) is 1. The van der Waals surface area contributed by atoms with Crippen LogP contribution in [0.25, 0.3) is 0 Å². The van der Waals surface area contributed by atoms with Gasteiger partial charge in [-0.2, -0.15) is 0 Å². The van der Waals surface area contributed by atoms with Crippen LogP contribution in [-0.4, -0.2) is 35.3 Å². The summed E-state index contributed by atoms with van der Waals surface area (Å²) in [6.45, 7) is 2.82. The Balaban J connectivity index is 2.14. The number of nitrogens with zero attached hydrogens (tertiary/aromatic N) is 1. The Morgan fingerprint density at radius 2 is 2.39 bits per heavy atom. The highest BCUT2D eigenvalue weighted by Crippen LogP contribution is 2.47. The molecule has 0 unspecified atom stereocenters. The summed E-state index contributed by atoms with van der Waals surface area (Å²) in [5.41, 5.74) is 5.67. The second-order valence-electron chi connectivity index (χ2n) is 5.92. The number of nitrogens with one attached hydrogen (secondary N) is 1. The van der Waals surface area contributed by atoms with E-state index in [-0.39, 0.29) is 23.6 Å². The number of benzene rings is 1. The van der Waals surface area contributed by atoms with Crippen molar-refractivity contribution in [2.24, 2.45) is 16.8 Å². The van der Waals surface area contributed by atoms with Crippen LogP contribution < -0.4 is 11.1 Å². The first kappa shape index (κ1) is 16.1. The quantitative estimate of drug-likeness (QED) is 0.682. The third kappa shape index (κ3) is 2.88. The lowest BCUT2D eigenvalue weighted by Gasteiger charge is -2.47. The van der Waals surface area contributed by atoms with Crippen molar-refractivity contribution >= 4 is 28.7 Å². The molecule has 8 heteroatoms. The molecule has 1 aromatic rings. The molecule has 4 N–H and O–H groups in total. The van der Waals surface area contributed by atoms with E-state index < -0.39 is 17.4 Å². The Bertz CT molecular complexity index is 669. The maximum Gasteiger partial charge on any atom is 0.410 e. The molecule has 6 nitrogen and oxygen atoms in total. The molecule has 23 heavy (non-hydrogen) atoms. The van der Waals surface area contributed by atoms with Gasteiger partial charge in [-0.25, -0.2) is 14.2 Å². The minimum Gasteiger partial charge on any atom is -0.465 e. The maximum absolute atomic E-state index is 14.5. The normalized spacial score (nSPS) is 30.3. The largest absolute Gasteiger partial charge is 0.465 e. The van der Waals surface area contributed by atoms with Crippen LogP contribution in [0.3, 0.4) is 0 Å². The number of anilines is 1.